The number of hydrogen-bond acceptors (Lipinski definition) is 5. The molecule has 6 heteroatoms. The predicted octanol–water partition coefficient (Wildman–Crippen LogP) is 1.71. The maximum atomic E-state index is 10.7. The molecule has 1 N–H and O–H groups in total. The number of carboxylic acids is 1. The van der Waals surface area contributed by atoms with E-state index in [-0.39, 0.29) is 6.42 Å². The smallest absolute Gasteiger partial charge is 0.303 e. The largest absolute Gasteiger partial charge is 0.481 e. The Morgan fingerprint density at radius 3 is 2.84 bits per heavy atom. The minimum absolute atomic E-state index is 0.287. The van der Waals surface area contributed by atoms with Crippen LogP contribution < -0.4 is 0 Å². The first-order valence-electron chi connectivity index (χ1n) is 6.93. The topological polar surface area (TPSA) is 79.5 Å². The van der Waals surface area contributed by atoms with E-state index in [1.807, 2.05) is 0 Å². The number of nitrogens with zero attached hydrogens (tertiary/aromatic N) is 3. The first-order chi connectivity index (χ1) is 9.17. The van der Waals surface area contributed by atoms with Crippen LogP contribution in [0.5, 0.6) is 0 Å². The fourth-order valence-electron chi connectivity index (χ4n) is 2.47. The summed E-state index contributed by atoms with van der Waals surface area (Å²) >= 11 is 0. The van der Waals surface area contributed by atoms with Crippen molar-refractivity contribution in [2.24, 2.45) is 5.92 Å². The van der Waals surface area contributed by atoms with Crippen molar-refractivity contribution in [3.05, 3.63) is 11.7 Å². The molecule has 1 fully saturated rings. The van der Waals surface area contributed by atoms with Crippen LogP contribution in [-0.4, -0.2) is 39.2 Å². The lowest BCUT2D eigenvalue weighted by atomic mass is 9.94. The molecular formula is C13H21N3O3. The molecule has 0 radical (unpaired) electrons. The highest BCUT2D eigenvalue weighted by Crippen LogP contribution is 2.21. The molecule has 0 aliphatic carbocycles. The number of piperidine rings is 1. The maximum absolute atomic E-state index is 10.7. The maximum Gasteiger partial charge on any atom is 0.303 e. The summed E-state index contributed by atoms with van der Waals surface area (Å²) in [5.74, 6) is 1.06. The molecular weight excluding hydrogens is 246 g/mol. The highest BCUT2D eigenvalue weighted by atomic mass is 16.5. The molecule has 0 aromatic carbocycles. The summed E-state index contributed by atoms with van der Waals surface area (Å²) in [6.07, 6.45) is 4.02. The molecule has 0 spiro atoms. The molecule has 2 heterocycles. The quantitative estimate of drug-likeness (QED) is 0.845. The second-order valence-corrected chi connectivity index (χ2v) is 5.17. The van der Waals surface area contributed by atoms with E-state index in [0.717, 1.165) is 44.6 Å². The number of carbonyl (C=O) groups is 1. The molecule has 0 saturated carbocycles. The van der Waals surface area contributed by atoms with Crippen molar-refractivity contribution in [3.63, 3.8) is 0 Å². The van der Waals surface area contributed by atoms with Crippen LogP contribution in [0.3, 0.4) is 0 Å². The first kappa shape index (κ1) is 14.0. The minimum atomic E-state index is -0.695. The van der Waals surface area contributed by atoms with Gasteiger partial charge < -0.3 is 9.63 Å². The van der Waals surface area contributed by atoms with E-state index in [1.54, 1.807) is 0 Å². The van der Waals surface area contributed by atoms with E-state index in [4.69, 9.17) is 9.63 Å². The van der Waals surface area contributed by atoms with Crippen molar-refractivity contribution >= 4 is 5.97 Å². The molecule has 2 rings (SSSR count). The van der Waals surface area contributed by atoms with E-state index in [9.17, 15) is 4.79 Å². The predicted molar refractivity (Wildman–Crippen MR) is 68.5 cm³/mol. The van der Waals surface area contributed by atoms with Gasteiger partial charge in [-0.3, -0.25) is 9.69 Å². The second-order valence-electron chi connectivity index (χ2n) is 5.17. The number of aliphatic carboxylic acids is 1. The third-order valence-corrected chi connectivity index (χ3v) is 3.51. The van der Waals surface area contributed by atoms with Crippen LogP contribution in [0.25, 0.3) is 0 Å². The number of aryl methyl sites for hydroxylation is 1. The zero-order chi connectivity index (χ0) is 13.7. The van der Waals surface area contributed by atoms with E-state index in [1.165, 1.54) is 0 Å². The molecule has 0 unspecified atom stereocenters. The summed E-state index contributed by atoms with van der Waals surface area (Å²) in [5.41, 5.74) is 0. The van der Waals surface area contributed by atoms with Gasteiger partial charge in [0.05, 0.1) is 6.54 Å². The normalized spacial score (nSPS) is 17.7. The lowest BCUT2D eigenvalue weighted by Crippen LogP contribution is -2.34. The molecule has 1 aromatic heterocycles. The number of rotatable bonds is 6. The molecule has 1 aliphatic rings. The molecule has 1 saturated heterocycles. The van der Waals surface area contributed by atoms with Gasteiger partial charge in [0.2, 0.25) is 5.89 Å². The summed E-state index contributed by atoms with van der Waals surface area (Å²) < 4.78 is 5.21. The van der Waals surface area contributed by atoms with Gasteiger partial charge in [0.25, 0.3) is 0 Å². The molecule has 0 amide bonds. The fourth-order valence-corrected chi connectivity index (χ4v) is 2.47. The Balaban J connectivity index is 1.76. The minimum Gasteiger partial charge on any atom is -0.481 e. The van der Waals surface area contributed by atoms with Crippen LogP contribution in [0.2, 0.25) is 0 Å². The summed E-state index contributed by atoms with van der Waals surface area (Å²) in [6.45, 7) is 4.58. The SMILES string of the molecule is CCCc1noc(CN2CCC(CC(=O)O)CC2)n1. The van der Waals surface area contributed by atoms with Crippen LogP contribution in [-0.2, 0) is 17.8 Å². The Morgan fingerprint density at radius 2 is 2.21 bits per heavy atom. The van der Waals surface area contributed by atoms with Gasteiger partial charge >= 0.3 is 5.97 Å². The molecule has 1 aromatic rings. The third kappa shape index (κ3) is 4.31. The standard InChI is InChI=1S/C13H21N3O3/c1-2-3-11-14-12(19-15-11)9-16-6-4-10(5-7-16)8-13(17)18/h10H,2-9H2,1H3,(H,17,18). The van der Waals surface area contributed by atoms with Gasteiger partial charge in [-0.15, -0.1) is 0 Å². The van der Waals surface area contributed by atoms with Crippen molar-refractivity contribution in [2.45, 2.75) is 45.6 Å². The van der Waals surface area contributed by atoms with Gasteiger partial charge in [0.1, 0.15) is 0 Å². The number of aromatic nitrogens is 2. The molecule has 1 aliphatic heterocycles. The summed E-state index contributed by atoms with van der Waals surface area (Å²) in [5, 5.41) is 12.7. The Labute approximate surface area is 112 Å². The van der Waals surface area contributed by atoms with E-state index in [0.29, 0.717) is 18.4 Å². The summed E-state index contributed by atoms with van der Waals surface area (Å²) in [6, 6.07) is 0. The molecule has 106 valence electrons. The molecule has 0 atom stereocenters. The first-order valence-corrected chi connectivity index (χ1v) is 6.93. The average Bonchev–Trinajstić information content (AvgIpc) is 2.79. The van der Waals surface area contributed by atoms with Gasteiger partial charge in [-0.2, -0.15) is 4.98 Å². The average molecular weight is 267 g/mol. The van der Waals surface area contributed by atoms with Crippen LogP contribution in [0.15, 0.2) is 4.52 Å². The van der Waals surface area contributed by atoms with Gasteiger partial charge in [0, 0.05) is 12.8 Å². The van der Waals surface area contributed by atoms with Crippen LogP contribution in [0, 0.1) is 5.92 Å². The van der Waals surface area contributed by atoms with Gasteiger partial charge in [-0.05, 0) is 38.3 Å². The summed E-state index contributed by atoms with van der Waals surface area (Å²) in [7, 11) is 0. The zero-order valence-electron chi connectivity index (χ0n) is 11.3. The van der Waals surface area contributed by atoms with E-state index < -0.39 is 5.97 Å². The Hall–Kier alpha value is -1.43. The Morgan fingerprint density at radius 1 is 1.47 bits per heavy atom. The van der Waals surface area contributed by atoms with Crippen LogP contribution in [0.1, 0.15) is 44.3 Å². The van der Waals surface area contributed by atoms with Crippen molar-refractivity contribution < 1.29 is 14.4 Å². The molecule has 19 heavy (non-hydrogen) atoms. The van der Waals surface area contributed by atoms with Crippen LogP contribution >= 0.6 is 0 Å². The van der Waals surface area contributed by atoms with Crippen LogP contribution in [0.4, 0.5) is 0 Å². The number of likely N-dealkylation sites (tertiary alicyclic amines) is 1. The van der Waals surface area contributed by atoms with Crippen molar-refractivity contribution in [2.75, 3.05) is 13.1 Å². The van der Waals surface area contributed by atoms with E-state index >= 15 is 0 Å². The molecule has 0 bridgehead atoms. The monoisotopic (exact) mass is 267 g/mol. The number of carboxylic acid groups (broad SMARTS) is 1. The van der Waals surface area contributed by atoms with Gasteiger partial charge in [-0.1, -0.05) is 12.1 Å². The Bertz CT molecular complexity index is 411. The number of hydrogen-bond donors (Lipinski definition) is 1. The van der Waals surface area contributed by atoms with Gasteiger partial charge in [0.15, 0.2) is 5.82 Å². The lowest BCUT2D eigenvalue weighted by Gasteiger charge is -2.30. The van der Waals surface area contributed by atoms with Crippen molar-refractivity contribution in [1.29, 1.82) is 0 Å². The summed E-state index contributed by atoms with van der Waals surface area (Å²) in [4.78, 5) is 17.3. The Kier molecular flexibility index (Phi) is 4.90. The molecule has 6 nitrogen and oxygen atoms in total. The van der Waals surface area contributed by atoms with Gasteiger partial charge in [-0.25, -0.2) is 0 Å². The highest BCUT2D eigenvalue weighted by molar-refractivity contribution is 5.67. The lowest BCUT2D eigenvalue weighted by molar-refractivity contribution is -0.138. The highest BCUT2D eigenvalue weighted by Gasteiger charge is 2.22. The zero-order valence-corrected chi connectivity index (χ0v) is 11.3. The third-order valence-electron chi connectivity index (χ3n) is 3.51. The van der Waals surface area contributed by atoms with Crippen molar-refractivity contribution in [3.8, 4) is 0 Å². The van der Waals surface area contributed by atoms with E-state index in [2.05, 4.69) is 22.0 Å². The van der Waals surface area contributed by atoms with Crippen molar-refractivity contribution in [1.82, 2.24) is 15.0 Å². The second kappa shape index (κ2) is 6.65. The fraction of sp³-hybridized carbons (Fsp3) is 0.769.